The molecule has 0 spiro atoms. The number of Topliss-reactive ketones (excluding diaryl/α,β-unsaturated/α-hetero) is 1. The van der Waals surface area contributed by atoms with E-state index in [2.05, 4.69) is 0 Å². The molecule has 0 fully saturated rings. The van der Waals surface area contributed by atoms with Gasteiger partial charge < -0.3 is 0 Å². The molecule has 0 aliphatic heterocycles. The Labute approximate surface area is 145 Å². The van der Waals surface area contributed by atoms with Crippen molar-refractivity contribution in [2.45, 2.75) is 18.2 Å². The number of halogens is 1. The van der Waals surface area contributed by atoms with Crippen LogP contribution in [0.2, 0.25) is 0 Å². The summed E-state index contributed by atoms with van der Waals surface area (Å²) in [6, 6.07) is 13.9. The van der Waals surface area contributed by atoms with Gasteiger partial charge >= 0.3 is 0 Å². The fourth-order valence-electron chi connectivity index (χ4n) is 2.60. The Balaban J connectivity index is 2.03. The van der Waals surface area contributed by atoms with Gasteiger partial charge in [-0.1, -0.05) is 30.3 Å². The lowest BCUT2D eigenvalue weighted by Gasteiger charge is -2.05. The summed E-state index contributed by atoms with van der Waals surface area (Å²) in [6.45, 7) is 1.39. The predicted octanol–water partition coefficient (Wildman–Crippen LogP) is 3.66. The van der Waals surface area contributed by atoms with Crippen LogP contribution in [0.25, 0.3) is 0 Å². The number of rotatable bonds is 5. The maximum absolute atomic E-state index is 13.0. The molecule has 1 aromatic heterocycles. The summed E-state index contributed by atoms with van der Waals surface area (Å²) in [4.78, 5) is 12.1. The zero-order valence-corrected chi connectivity index (χ0v) is 14.3. The molecule has 128 valence electrons. The van der Waals surface area contributed by atoms with Crippen molar-refractivity contribution in [1.29, 1.82) is 0 Å². The highest BCUT2D eigenvalue weighted by Gasteiger charge is 2.20. The zero-order chi connectivity index (χ0) is 18.0. The van der Waals surface area contributed by atoms with Crippen LogP contribution in [-0.4, -0.2) is 18.2 Å². The number of hydrogen-bond donors (Lipinski definition) is 0. The molecule has 0 bridgehead atoms. The van der Waals surface area contributed by atoms with Crippen LogP contribution < -0.4 is 0 Å². The first-order valence-electron chi connectivity index (χ1n) is 7.65. The maximum Gasteiger partial charge on any atom is 0.267 e. The number of aromatic nitrogens is 1. The van der Waals surface area contributed by atoms with Crippen LogP contribution in [0.15, 0.2) is 71.9 Å². The van der Waals surface area contributed by atoms with Crippen LogP contribution in [0.3, 0.4) is 0 Å². The van der Waals surface area contributed by atoms with E-state index in [9.17, 15) is 17.6 Å². The molecule has 0 unspecified atom stereocenters. The van der Waals surface area contributed by atoms with Gasteiger partial charge in [0, 0.05) is 18.0 Å². The molecule has 0 aliphatic rings. The molecule has 0 saturated heterocycles. The Kier molecular flexibility index (Phi) is 4.55. The first kappa shape index (κ1) is 17.1. The van der Waals surface area contributed by atoms with Crippen molar-refractivity contribution in [1.82, 2.24) is 3.97 Å². The van der Waals surface area contributed by atoms with Gasteiger partial charge in [0.2, 0.25) is 0 Å². The molecule has 0 atom stereocenters. The van der Waals surface area contributed by atoms with E-state index in [-0.39, 0.29) is 16.5 Å². The van der Waals surface area contributed by atoms with Crippen molar-refractivity contribution in [3.63, 3.8) is 0 Å². The Morgan fingerprint density at radius 1 is 1.00 bits per heavy atom. The molecule has 3 aromatic rings. The summed E-state index contributed by atoms with van der Waals surface area (Å²) in [6.07, 6.45) is 3.12. The van der Waals surface area contributed by atoms with Crippen molar-refractivity contribution >= 4 is 15.8 Å². The average molecular weight is 357 g/mol. The lowest BCUT2D eigenvalue weighted by molar-refractivity contribution is 0.101. The molecule has 25 heavy (non-hydrogen) atoms. The molecule has 6 heteroatoms. The monoisotopic (exact) mass is 357 g/mol. The van der Waals surface area contributed by atoms with E-state index in [1.807, 2.05) is 0 Å². The lowest BCUT2D eigenvalue weighted by Crippen LogP contribution is -2.10. The van der Waals surface area contributed by atoms with E-state index in [1.165, 1.54) is 43.6 Å². The van der Waals surface area contributed by atoms with E-state index in [1.54, 1.807) is 30.3 Å². The van der Waals surface area contributed by atoms with Gasteiger partial charge in [0.15, 0.2) is 5.78 Å². The fourth-order valence-corrected chi connectivity index (χ4v) is 3.86. The molecule has 0 aliphatic carbocycles. The normalized spacial score (nSPS) is 11.4. The van der Waals surface area contributed by atoms with Gasteiger partial charge in [-0.2, -0.15) is 0 Å². The van der Waals surface area contributed by atoms with Crippen molar-refractivity contribution in [2.75, 3.05) is 0 Å². The van der Waals surface area contributed by atoms with Crippen LogP contribution in [0, 0.1) is 5.82 Å². The second-order valence-corrected chi connectivity index (χ2v) is 7.55. The average Bonchev–Trinajstić information content (AvgIpc) is 3.03. The minimum atomic E-state index is -3.77. The first-order chi connectivity index (χ1) is 11.9. The van der Waals surface area contributed by atoms with Gasteiger partial charge in [0.25, 0.3) is 10.0 Å². The van der Waals surface area contributed by atoms with Crippen LogP contribution in [0.1, 0.15) is 28.4 Å². The smallest absolute Gasteiger partial charge is 0.267 e. The Hall–Kier alpha value is -2.73. The third-order valence-corrected chi connectivity index (χ3v) is 5.52. The molecule has 0 N–H and O–H groups in total. The molecule has 0 amide bonds. The third kappa shape index (κ3) is 3.53. The van der Waals surface area contributed by atoms with E-state index >= 15 is 0 Å². The Morgan fingerprint density at radius 3 is 2.24 bits per heavy atom. The Bertz CT molecular complexity index is 1010. The summed E-state index contributed by atoms with van der Waals surface area (Å²) < 4.78 is 39.6. The highest BCUT2D eigenvalue weighted by Crippen LogP contribution is 2.21. The molecule has 0 radical (unpaired) electrons. The van der Waals surface area contributed by atoms with E-state index in [4.69, 9.17) is 0 Å². The highest BCUT2D eigenvalue weighted by molar-refractivity contribution is 7.90. The summed E-state index contributed by atoms with van der Waals surface area (Å²) in [5.41, 5.74) is 1.71. The van der Waals surface area contributed by atoms with E-state index in [0.29, 0.717) is 17.5 Å². The number of ketones is 1. The van der Waals surface area contributed by atoms with Crippen molar-refractivity contribution in [3.8, 4) is 0 Å². The largest absolute Gasteiger partial charge is 0.294 e. The second-order valence-electron chi connectivity index (χ2n) is 5.70. The van der Waals surface area contributed by atoms with Crippen molar-refractivity contribution in [2.24, 2.45) is 0 Å². The number of carbonyl (C=O) groups is 1. The summed E-state index contributed by atoms with van der Waals surface area (Å²) >= 11 is 0. The summed E-state index contributed by atoms with van der Waals surface area (Å²) in [5.74, 6) is -0.570. The molecule has 4 nitrogen and oxygen atoms in total. The number of nitrogens with zero attached hydrogens (tertiary/aromatic N) is 1. The lowest BCUT2D eigenvalue weighted by atomic mass is 10.0. The van der Waals surface area contributed by atoms with E-state index < -0.39 is 10.0 Å². The molecule has 0 saturated carbocycles. The Morgan fingerprint density at radius 2 is 1.64 bits per heavy atom. The van der Waals surface area contributed by atoms with Crippen molar-refractivity contribution in [3.05, 3.63) is 89.5 Å². The van der Waals surface area contributed by atoms with Gasteiger partial charge in [-0.25, -0.2) is 16.8 Å². The predicted molar refractivity (Wildman–Crippen MR) is 92.7 cm³/mol. The molecule has 1 heterocycles. The van der Waals surface area contributed by atoms with Crippen LogP contribution in [0.5, 0.6) is 0 Å². The van der Waals surface area contributed by atoms with Gasteiger partial charge in [0.1, 0.15) is 5.82 Å². The second kappa shape index (κ2) is 6.64. The van der Waals surface area contributed by atoms with Gasteiger partial charge in [0.05, 0.1) is 4.90 Å². The zero-order valence-electron chi connectivity index (χ0n) is 13.5. The van der Waals surface area contributed by atoms with Crippen LogP contribution in [-0.2, 0) is 16.4 Å². The van der Waals surface area contributed by atoms with E-state index in [0.717, 1.165) is 9.54 Å². The van der Waals surface area contributed by atoms with Crippen LogP contribution >= 0.6 is 0 Å². The summed E-state index contributed by atoms with van der Waals surface area (Å²) in [5, 5.41) is 0. The molecular weight excluding hydrogens is 341 g/mol. The molecule has 2 aromatic carbocycles. The minimum Gasteiger partial charge on any atom is -0.294 e. The van der Waals surface area contributed by atoms with Gasteiger partial charge in [-0.15, -0.1) is 0 Å². The molecule has 3 rings (SSSR count). The topological polar surface area (TPSA) is 56.1 Å². The SMILES string of the molecule is CC(=O)c1cn(S(=O)(=O)c2ccccc2)cc1Cc1ccc(F)cc1. The number of hydrogen-bond acceptors (Lipinski definition) is 3. The third-order valence-electron chi connectivity index (χ3n) is 3.89. The van der Waals surface area contributed by atoms with Crippen LogP contribution in [0.4, 0.5) is 4.39 Å². The fraction of sp³-hybridized carbons (Fsp3) is 0.105. The van der Waals surface area contributed by atoms with Gasteiger partial charge in [-0.3, -0.25) is 4.79 Å². The van der Waals surface area contributed by atoms with Crippen molar-refractivity contribution < 1.29 is 17.6 Å². The number of carbonyl (C=O) groups excluding carboxylic acids is 1. The first-order valence-corrected chi connectivity index (χ1v) is 9.09. The maximum atomic E-state index is 13.0. The number of benzene rings is 2. The minimum absolute atomic E-state index is 0.147. The molecular formula is C19H16FNO3S. The highest BCUT2D eigenvalue weighted by atomic mass is 32.2. The summed E-state index contributed by atoms with van der Waals surface area (Å²) in [7, 11) is -3.77. The quantitative estimate of drug-likeness (QED) is 0.655. The van der Waals surface area contributed by atoms with Gasteiger partial charge in [-0.05, 0) is 48.7 Å². The standard InChI is InChI=1S/C19H16FNO3S/c1-14(22)19-13-21(25(23,24)18-5-3-2-4-6-18)12-16(19)11-15-7-9-17(20)10-8-15/h2-10,12-13H,11H2,1H3.